The third-order valence-corrected chi connectivity index (χ3v) is 4.35. The van der Waals surface area contributed by atoms with Crippen LogP contribution in [0.15, 0.2) is 53.6 Å². The number of benzene rings is 2. The van der Waals surface area contributed by atoms with Gasteiger partial charge in [0.15, 0.2) is 0 Å². The van der Waals surface area contributed by atoms with E-state index in [0.29, 0.717) is 28.6 Å². The zero-order valence-corrected chi connectivity index (χ0v) is 15.8. The zero-order valence-electron chi connectivity index (χ0n) is 14.3. The average Bonchev–Trinajstić information content (AvgIpc) is 2.65. The van der Waals surface area contributed by atoms with Crippen molar-refractivity contribution in [1.29, 1.82) is 0 Å². The molecular formula is C19H19Cl2N3O2. The number of hydrogen-bond donors (Lipinski definition) is 2. The van der Waals surface area contributed by atoms with Gasteiger partial charge in [-0.25, -0.2) is 5.43 Å². The van der Waals surface area contributed by atoms with Gasteiger partial charge in [-0.15, -0.1) is 0 Å². The summed E-state index contributed by atoms with van der Waals surface area (Å²) < 4.78 is 0. The van der Waals surface area contributed by atoms with Gasteiger partial charge < -0.3 is 5.32 Å². The summed E-state index contributed by atoms with van der Waals surface area (Å²) >= 11 is 11.8. The highest BCUT2D eigenvalue weighted by Gasteiger charge is 2.07. The van der Waals surface area contributed by atoms with Crippen molar-refractivity contribution in [3.8, 4) is 0 Å². The number of rotatable bonds is 7. The van der Waals surface area contributed by atoms with Crippen molar-refractivity contribution in [2.45, 2.75) is 19.8 Å². The molecule has 2 rings (SSSR count). The van der Waals surface area contributed by atoms with E-state index < -0.39 is 5.91 Å². The molecule has 0 unspecified atom stereocenters. The fourth-order valence-electron chi connectivity index (χ4n) is 2.14. The predicted molar refractivity (Wildman–Crippen MR) is 105 cm³/mol. The molecular weight excluding hydrogens is 373 g/mol. The SMILES string of the molecule is CC(=NNC(=O)CNC(=O)CCc1ccccc1)c1ccc(Cl)c(Cl)c1. The summed E-state index contributed by atoms with van der Waals surface area (Å²) in [7, 11) is 0. The summed E-state index contributed by atoms with van der Waals surface area (Å²) in [5, 5.41) is 7.44. The number of nitrogens with zero attached hydrogens (tertiary/aromatic N) is 1. The number of hydrazone groups is 1. The van der Waals surface area contributed by atoms with Crippen LogP contribution in [-0.4, -0.2) is 24.1 Å². The summed E-state index contributed by atoms with van der Waals surface area (Å²) in [5.74, 6) is -0.591. The van der Waals surface area contributed by atoms with Crippen LogP contribution in [0.5, 0.6) is 0 Å². The minimum Gasteiger partial charge on any atom is -0.347 e. The molecule has 26 heavy (non-hydrogen) atoms. The highest BCUT2D eigenvalue weighted by Crippen LogP contribution is 2.22. The molecule has 0 fully saturated rings. The fourth-order valence-corrected chi connectivity index (χ4v) is 2.44. The maximum atomic E-state index is 11.8. The molecule has 7 heteroatoms. The number of nitrogens with one attached hydrogen (secondary N) is 2. The molecule has 0 bridgehead atoms. The molecule has 0 aliphatic carbocycles. The summed E-state index contributed by atoms with van der Waals surface area (Å²) in [6, 6.07) is 14.8. The molecule has 0 aliphatic rings. The topological polar surface area (TPSA) is 70.6 Å². The van der Waals surface area contributed by atoms with Crippen LogP contribution >= 0.6 is 23.2 Å². The number of aryl methyl sites for hydroxylation is 1. The van der Waals surface area contributed by atoms with Crippen LogP contribution in [0.25, 0.3) is 0 Å². The summed E-state index contributed by atoms with van der Waals surface area (Å²) in [6.45, 7) is 1.60. The second-order valence-corrected chi connectivity index (χ2v) is 6.44. The van der Waals surface area contributed by atoms with E-state index in [1.54, 1.807) is 25.1 Å². The van der Waals surface area contributed by atoms with Crippen molar-refractivity contribution in [3.05, 3.63) is 69.7 Å². The van der Waals surface area contributed by atoms with Crippen molar-refractivity contribution >= 4 is 40.7 Å². The maximum absolute atomic E-state index is 11.8. The van der Waals surface area contributed by atoms with Crippen molar-refractivity contribution in [3.63, 3.8) is 0 Å². The minimum absolute atomic E-state index is 0.133. The Bertz CT molecular complexity index is 808. The summed E-state index contributed by atoms with van der Waals surface area (Å²) in [5.41, 5.74) is 4.80. The molecule has 2 N–H and O–H groups in total. The van der Waals surface area contributed by atoms with Gasteiger partial charge in [0.25, 0.3) is 5.91 Å². The highest BCUT2D eigenvalue weighted by atomic mass is 35.5. The molecule has 0 saturated carbocycles. The zero-order chi connectivity index (χ0) is 18.9. The minimum atomic E-state index is -0.405. The highest BCUT2D eigenvalue weighted by molar-refractivity contribution is 6.42. The second kappa shape index (κ2) is 9.94. The van der Waals surface area contributed by atoms with E-state index >= 15 is 0 Å². The van der Waals surface area contributed by atoms with Gasteiger partial charge in [0, 0.05) is 6.42 Å². The van der Waals surface area contributed by atoms with E-state index in [9.17, 15) is 9.59 Å². The molecule has 2 aromatic carbocycles. The molecule has 0 heterocycles. The molecule has 136 valence electrons. The number of halogens is 2. The van der Waals surface area contributed by atoms with Crippen LogP contribution < -0.4 is 10.7 Å². The number of carbonyl (C=O) groups excluding carboxylic acids is 2. The summed E-state index contributed by atoms with van der Waals surface area (Å²) in [4.78, 5) is 23.6. The first-order valence-electron chi connectivity index (χ1n) is 8.05. The van der Waals surface area contributed by atoms with Crippen LogP contribution in [-0.2, 0) is 16.0 Å². The molecule has 2 amide bonds. The van der Waals surface area contributed by atoms with E-state index in [1.807, 2.05) is 30.3 Å². The van der Waals surface area contributed by atoms with E-state index in [2.05, 4.69) is 15.8 Å². The molecule has 2 aromatic rings. The van der Waals surface area contributed by atoms with Crippen molar-refractivity contribution in [2.24, 2.45) is 5.10 Å². The van der Waals surface area contributed by atoms with Gasteiger partial charge in [-0.2, -0.15) is 5.10 Å². The maximum Gasteiger partial charge on any atom is 0.259 e. The third-order valence-electron chi connectivity index (χ3n) is 3.62. The van der Waals surface area contributed by atoms with Crippen LogP contribution in [0.3, 0.4) is 0 Å². The second-order valence-electron chi connectivity index (χ2n) is 5.62. The standard InChI is InChI=1S/C19H19Cl2N3O2/c1-13(15-8-9-16(20)17(21)11-15)23-24-19(26)12-22-18(25)10-7-14-5-3-2-4-6-14/h2-6,8-9,11H,7,10,12H2,1H3,(H,22,25)(H,24,26). The van der Waals surface area contributed by atoms with Crippen LogP contribution in [0.2, 0.25) is 10.0 Å². The van der Waals surface area contributed by atoms with E-state index in [1.165, 1.54) is 0 Å². The fraction of sp³-hybridized carbons (Fsp3) is 0.211. The molecule has 0 aliphatic heterocycles. The predicted octanol–water partition coefficient (Wildman–Crippen LogP) is 3.58. The van der Waals surface area contributed by atoms with Crippen LogP contribution in [0.1, 0.15) is 24.5 Å². The van der Waals surface area contributed by atoms with Gasteiger partial charge in [0.1, 0.15) is 0 Å². The normalized spacial score (nSPS) is 11.1. The van der Waals surface area contributed by atoms with Gasteiger partial charge in [-0.1, -0.05) is 59.6 Å². The van der Waals surface area contributed by atoms with E-state index in [-0.39, 0.29) is 12.5 Å². The molecule has 0 spiro atoms. The number of amides is 2. The average molecular weight is 392 g/mol. The lowest BCUT2D eigenvalue weighted by molar-refractivity contribution is -0.126. The molecule has 0 radical (unpaired) electrons. The van der Waals surface area contributed by atoms with Gasteiger partial charge >= 0.3 is 0 Å². The smallest absolute Gasteiger partial charge is 0.259 e. The van der Waals surface area contributed by atoms with E-state index in [0.717, 1.165) is 11.1 Å². The Morgan fingerprint density at radius 3 is 2.42 bits per heavy atom. The number of carbonyl (C=O) groups is 2. The number of hydrogen-bond acceptors (Lipinski definition) is 3. The third kappa shape index (κ3) is 6.50. The largest absolute Gasteiger partial charge is 0.347 e. The van der Waals surface area contributed by atoms with E-state index in [4.69, 9.17) is 23.2 Å². The Kier molecular flexibility index (Phi) is 7.63. The Hall–Kier alpha value is -2.37. The van der Waals surface area contributed by atoms with Gasteiger partial charge in [-0.3, -0.25) is 9.59 Å². The lowest BCUT2D eigenvalue weighted by Crippen LogP contribution is -2.35. The Balaban J connectivity index is 1.75. The lowest BCUT2D eigenvalue weighted by atomic mass is 10.1. The quantitative estimate of drug-likeness (QED) is 0.559. The van der Waals surface area contributed by atoms with Crippen molar-refractivity contribution in [2.75, 3.05) is 6.54 Å². The molecule has 0 saturated heterocycles. The van der Waals surface area contributed by atoms with Gasteiger partial charge in [0.2, 0.25) is 5.91 Å². The van der Waals surface area contributed by atoms with Gasteiger partial charge in [0.05, 0.1) is 22.3 Å². The Labute approximate surface area is 162 Å². The van der Waals surface area contributed by atoms with Gasteiger partial charge in [-0.05, 0) is 36.6 Å². The molecule has 5 nitrogen and oxygen atoms in total. The first-order valence-corrected chi connectivity index (χ1v) is 8.80. The molecule has 0 aromatic heterocycles. The Morgan fingerprint density at radius 1 is 1.00 bits per heavy atom. The monoisotopic (exact) mass is 391 g/mol. The van der Waals surface area contributed by atoms with Crippen molar-refractivity contribution in [1.82, 2.24) is 10.7 Å². The van der Waals surface area contributed by atoms with Crippen LogP contribution in [0.4, 0.5) is 0 Å². The lowest BCUT2D eigenvalue weighted by Gasteiger charge is -2.06. The summed E-state index contributed by atoms with van der Waals surface area (Å²) in [6.07, 6.45) is 0.950. The first kappa shape index (κ1) is 19.9. The first-order chi connectivity index (χ1) is 12.5. The molecule has 0 atom stereocenters. The Morgan fingerprint density at radius 2 is 1.73 bits per heavy atom. The van der Waals surface area contributed by atoms with Crippen LogP contribution in [0, 0.1) is 0 Å². The van der Waals surface area contributed by atoms with Crippen molar-refractivity contribution < 1.29 is 9.59 Å².